The summed E-state index contributed by atoms with van der Waals surface area (Å²) in [6.07, 6.45) is 7.58. The smallest absolute Gasteiger partial charge is 0.225 e. The van der Waals surface area contributed by atoms with Crippen molar-refractivity contribution in [2.75, 3.05) is 13.1 Å². The molecular weight excluding hydrogens is 340 g/mol. The Morgan fingerprint density at radius 1 is 1.22 bits per heavy atom. The van der Waals surface area contributed by atoms with E-state index in [0.717, 1.165) is 24.2 Å². The Balaban J connectivity index is 1.33. The molecule has 0 saturated carbocycles. The second kappa shape index (κ2) is 7.75. The maximum atomic E-state index is 12.7. The number of aromatic nitrogens is 4. The Morgan fingerprint density at radius 3 is 2.74 bits per heavy atom. The highest BCUT2D eigenvalue weighted by atomic mass is 16.1. The standard InChI is InChI=1S/C20H24N6O/c1-25-14-17(10-24-25)18-11-21-12-19(18)20(27)22-9-15-3-5-16(6-4-15)13-26-8-2-7-23-26/h2-8,10,14,18-19,21H,9,11-13H2,1H3,(H,22,27)/t18-,19+/m1/s1. The number of benzene rings is 1. The van der Waals surface area contributed by atoms with E-state index in [0.29, 0.717) is 13.1 Å². The second-order valence-corrected chi connectivity index (χ2v) is 7.06. The van der Waals surface area contributed by atoms with Gasteiger partial charge in [0.15, 0.2) is 0 Å². The predicted octanol–water partition coefficient (Wildman–Crippen LogP) is 1.28. The summed E-state index contributed by atoms with van der Waals surface area (Å²) >= 11 is 0. The number of nitrogens with one attached hydrogen (secondary N) is 2. The Morgan fingerprint density at radius 2 is 2.04 bits per heavy atom. The van der Waals surface area contributed by atoms with E-state index >= 15 is 0 Å². The summed E-state index contributed by atoms with van der Waals surface area (Å²) in [5.41, 5.74) is 3.40. The van der Waals surface area contributed by atoms with Crippen molar-refractivity contribution in [3.05, 3.63) is 71.8 Å². The van der Waals surface area contributed by atoms with Crippen LogP contribution in [0.1, 0.15) is 22.6 Å². The van der Waals surface area contributed by atoms with Gasteiger partial charge < -0.3 is 10.6 Å². The summed E-state index contributed by atoms with van der Waals surface area (Å²) in [5.74, 6) is 0.206. The molecule has 7 nitrogen and oxygen atoms in total. The van der Waals surface area contributed by atoms with Gasteiger partial charge in [-0.1, -0.05) is 24.3 Å². The third kappa shape index (κ3) is 4.09. The Hall–Kier alpha value is -2.93. The molecular formula is C20H24N6O. The first-order valence-electron chi connectivity index (χ1n) is 9.21. The number of carbonyl (C=O) groups excluding carboxylic acids is 1. The van der Waals surface area contributed by atoms with Gasteiger partial charge in [0, 0.05) is 51.2 Å². The van der Waals surface area contributed by atoms with Crippen molar-refractivity contribution >= 4 is 5.91 Å². The van der Waals surface area contributed by atoms with Gasteiger partial charge in [-0.15, -0.1) is 0 Å². The Bertz CT molecular complexity index is 884. The van der Waals surface area contributed by atoms with E-state index < -0.39 is 0 Å². The van der Waals surface area contributed by atoms with Crippen LogP contribution in [0.25, 0.3) is 0 Å². The Labute approximate surface area is 158 Å². The zero-order valence-corrected chi connectivity index (χ0v) is 15.4. The normalized spacial score (nSPS) is 19.3. The molecule has 3 aromatic rings. The summed E-state index contributed by atoms with van der Waals surface area (Å²) in [5, 5.41) is 14.9. The highest BCUT2D eigenvalue weighted by Crippen LogP contribution is 2.27. The van der Waals surface area contributed by atoms with E-state index in [-0.39, 0.29) is 17.7 Å². The summed E-state index contributed by atoms with van der Waals surface area (Å²) in [6.45, 7) is 2.80. The van der Waals surface area contributed by atoms with Crippen molar-refractivity contribution in [1.29, 1.82) is 0 Å². The van der Waals surface area contributed by atoms with Gasteiger partial charge in [0.1, 0.15) is 0 Å². The molecule has 1 fully saturated rings. The first-order valence-corrected chi connectivity index (χ1v) is 9.21. The van der Waals surface area contributed by atoms with Crippen LogP contribution in [-0.4, -0.2) is 38.6 Å². The lowest BCUT2D eigenvalue weighted by Crippen LogP contribution is -2.33. The number of aryl methyl sites for hydroxylation is 1. The first-order chi connectivity index (χ1) is 13.2. The molecule has 2 atom stereocenters. The molecule has 1 aromatic carbocycles. The SMILES string of the molecule is Cn1cc([C@H]2CNC[C@@H]2C(=O)NCc2ccc(Cn3cccn3)cc2)cn1. The summed E-state index contributed by atoms with van der Waals surface area (Å²) in [7, 11) is 1.90. The monoisotopic (exact) mass is 364 g/mol. The Kier molecular flexibility index (Phi) is 5.02. The van der Waals surface area contributed by atoms with Crippen LogP contribution >= 0.6 is 0 Å². The zero-order chi connectivity index (χ0) is 18.6. The highest BCUT2D eigenvalue weighted by Gasteiger charge is 2.34. The summed E-state index contributed by atoms with van der Waals surface area (Å²) in [6, 6.07) is 10.2. The summed E-state index contributed by atoms with van der Waals surface area (Å²) < 4.78 is 3.68. The van der Waals surface area contributed by atoms with Gasteiger partial charge >= 0.3 is 0 Å². The molecule has 0 bridgehead atoms. The minimum Gasteiger partial charge on any atom is -0.352 e. The molecule has 7 heteroatoms. The number of rotatable bonds is 6. The number of carbonyl (C=O) groups is 1. The molecule has 0 radical (unpaired) electrons. The van der Waals surface area contributed by atoms with Gasteiger partial charge in [-0.25, -0.2) is 0 Å². The van der Waals surface area contributed by atoms with Crippen LogP contribution in [0.4, 0.5) is 0 Å². The first kappa shape index (κ1) is 17.5. The van der Waals surface area contributed by atoms with Crippen molar-refractivity contribution in [3.63, 3.8) is 0 Å². The average molecular weight is 364 g/mol. The van der Waals surface area contributed by atoms with Gasteiger partial charge in [-0.3, -0.25) is 14.2 Å². The molecule has 27 heavy (non-hydrogen) atoms. The average Bonchev–Trinajstić information content (AvgIpc) is 3.42. The number of hydrogen-bond acceptors (Lipinski definition) is 4. The van der Waals surface area contributed by atoms with Crippen LogP contribution in [0.15, 0.2) is 55.1 Å². The second-order valence-electron chi connectivity index (χ2n) is 7.06. The quantitative estimate of drug-likeness (QED) is 0.691. The van der Waals surface area contributed by atoms with E-state index in [1.165, 1.54) is 5.56 Å². The van der Waals surface area contributed by atoms with E-state index in [4.69, 9.17) is 0 Å². The van der Waals surface area contributed by atoms with Crippen LogP contribution in [0.5, 0.6) is 0 Å². The number of amides is 1. The maximum Gasteiger partial charge on any atom is 0.225 e. The van der Waals surface area contributed by atoms with E-state index in [1.807, 2.05) is 36.4 Å². The zero-order valence-electron chi connectivity index (χ0n) is 15.4. The van der Waals surface area contributed by atoms with Gasteiger partial charge in [0.05, 0.1) is 18.7 Å². The van der Waals surface area contributed by atoms with Gasteiger partial charge in [-0.2, -0.15) is 10.2 Å². The minimum atomic E-state index is -0.0618. The fraction of sp³-hybridized carbons (Fsp3) is 0.350. The molecule has 3 heterocycles. The van der Waals surface area contributed by atoms with Crippen LogP contribution in [-0.2, 0) is 24.9 Å². The van der Waals surface area contributed by atoms with Crippen LogP contribution in [0.3, 0.4) is 0 Å². The molecule has 1 amide bonds. The lowest BCUT2D eigenvalue weighted by molar-refractivity contribution is -0.125. The van der Waals surface area contributed by atoms with Crippen molar-refractivity contribution in [1.82, 2.24) is 30.2 Å². The third-order valence-electron chi connectivity index (χ3n) is 5.10. The molecule has 0 unspecified atom stereocenters. The molecule has 2 aromatic heterocycles. The minimum absolute atomic E-state index is 0.0618. The van der Waals surface area contributed by atoms with Crippen LogP contribution < -0.4 is 10.6 Å². The fourth-order valence-corrected chi connectivity index (χ4v) is 3.60. The van der Waals surface area contributed by atoms with Gasteiger partial charge in [-0.05, 0) is 22.8 Å². The van der Waals surface area contributed by atoms with Gasteiger partial charge in [0.25, 0.3) is 0 Å². The van der Waals surface area contributed by atoms with E-state index in [2.05, 4.69) is 45.1 Å². The lowest BCUT2D eigenvalue weighted by Gasteiger charge is -2.17. The summed E-state index contributed by atoms with van der Waals surface area (Å²) in [4.78, 5) is 12.7. The van der Waals surface area contributed by atoms with Gasteiger partial charge in [0.2, 0.25) is 5.91 Å². The molecule has 0 aliphatic carbocycles. The molecule has 1 aliphatic rings. The fourth-order valence-electron chi connectivity index (χ4n) is 3.60. The van der Waals surface area contributed by atoms with Crippen molar-refractivity contribution < 1.29 is 4.79 Å². The predicted molar refractivity (Wildman–Crippen MR) is 102 cm³/mol. The molecule has 1 saturated heterocycles. The van der Waals surface area contributed by atoms with Crippen LogP contribution in [0, 0.1) is 5.92 Å². The molecule has 2 N–H and O–H groups in total. The van der Waals surface area contributed by atoms with Crippen LogP contribution in [0.2, 0.25) is 0 Å². The van der Waals surface area contributed by atoms with Crippen molar-refractivity contribution in [2.24, 2.45) is 13.0 Å². The molecule has 4 rings (SSSR count). The molecule has 1 aliphatic heterocycles. The van der Waals surface area contributed by atoms with Crippen molar-refractivity contribution in [2.45, 2.75) is 19.0 Å². The lowest BCUT2D eigenvalue weighted by atomic mass is 9.90. The topological polar surface area (TPSA) is 76.8 Å². The van der Waals surface area contributed by atoms with Crippen molar-refractivity contribution in [3.8, 4) is 0 Å². The third-order valence-corrected chi connectivity index (χ3v) is 5.10. The van der Waals surface area contributed by atoms with E-state index in [9.17, 15) is 4.79 Å². The molecule has 140 valence electrons. The maximum absolute atomic E-state index is 12.7. The number of hydrogen-bond donors (Lipinski definition) is 2. The highest BCUT2D eigenvalue weighted by molar-refractivity contribution is 5.80. The molecule has 0 spiro atoms. The van der Waals surface area contributed by atoms with E-state index in [1.54, 1.807) is 10.9 Å². The largest absolute Gasteiger partial charge is 0.352 e. The number of nitrogens with zero attached hydrogens (tertiary/aromatic N) is 4.